The van der Waals surface area contributed by atoms with Gasteiger partial charge >= 0.3 is 11.9 Å². The van der Waals surface area contributed by atoms with E-state index < -0.39 is 11.9 Å². The van der Waals surface area contributed by atoms with Crippen molar-refractivity contribution in [2.45, 2.75) is 13.8 Å². The molecule has 2 N–H and O–H groups in total. The third-order valence-electron chi connectivity index (χ3n) is 7.54. The van der Waals surface area contributed by atoms with Gasteiger partial charge in [-0.3, -0.25) is 0 Å². The Hall–Kier alpha value is -6.20. The summed E-state index contributed by atoms with van der Waals surface area (Å²) in [6.45, 7) is 4.24. The highest BCUT2D eigenvalue weighted by atomic mass is 16.4. The van der Waals surface area contributed by atoms with Gasteiger partial charge in [0.25, 0.3) is 0 Å². The second kappa shape index (κ2) is 15.2. The van der Waals surface area contributed by atoms with Crippen LogP contribution in [0.1, 0.15) is 44.5 Å². The SMILES string of the molecule is Cc1ccc(N(c2ccc(C=Cc3ccc(C=CC(=O)O)cc3)cc2)c2ccc(C=Cc3ccc(C=CC(=O)O)cc3)cc2)c(C)c1. The molecule has 0 atom stereocenters. The first-order chi connectivity index (χ1) is 22.7. The van der Waals surface area contributed by atoms with Crippen molar-refractivity contribution in [3.8, 4) is 0 Å². The molecule has 5 aromatic rings. The largest absolute Gasteiger partial charge is 0.478 e. The Bertz CT molecular complexity index is 1840. The van der Waals surface area contributed by atoms with Gasteiger partial charge in [-0.05, 0) is 95.3 Å². The molecule has 5 aromatic carbocycles. The molecule has 5 rings (SSSR count). The highest BCUT2D eigenvalue weighted by Gasteiger charge is 2.14. The second-order valence-electron chi connectivity index (χ2n) is 11.2. The maximum Gasteiger partial charge on any atom is 0.328 e. The van der Waals surface area contributed by atoms with Crippen molar-refractivity contribution < 1.29 is 19.8 Å². The molecule has 0 saturated carbocycles. The Labute approximate surface area is 275 Å². The van der Waals surface area contributed by atoms with Crippen molar-refractivity contribution in [2.75, 3.05) is 4.90 Å². The van der Waals surface area contributed by atoms with E-state index in [9.17, 15) is 9.59 Å². The first-order valence-electron chi connectivity index (χ1n) is 15.2. The number of hydrogen-bond acceptors (Lipinski definition) is 3. The van der Waals surface area contributed by atoms with Crippen LogP contribution in [0.15, 0.2) is 127 Å². The Morgan fingerprint density at radius 2 is 0.787 bits per heavy atom. The van der Waals surface area contributed by atoms with Crippen LogP contribution < -0.4 is 4.90 Å². The van der Waals surface area contributed by atoms with E-state index in [0.29, 0.717) is 0 Å². The fourth-order valence-corrected chi connectivity index (χ4v) is 5.11. The van der Waals surface area contributed by atoms with E-state index in [1.165, 1.54) is 11.1 Å². The fraction of sp³-hybridized carbons (Fsp3) is 0.0476. The molecule has 0 unspecified atom stereocenters. The van der Waals surface area contributed by atoms with E-state index in [4.69, 9.17) is 10.2 Å². The summed E-state index contributed by atoms with van der Waals surface area (Å²) in [7, 11) is 0. The lowest BCUT2D eigenvalue weighted by Crippen LogP contribution is -2.11. The van der Waals surface area contributed by atoms with Gasteiger partial charge in [-0.2, -0.15) is 0 Å². The summed E-state index contributed by atoms with van der Waals surface area (Å²) in [6, 6.07) is 38.9. The molecule has 5 nitrogen and oxygen atoms in total. The van der Waals surface area contributed by atoms with Gasteiger partial charge in [0.2, 0.25) is 0 Å². The van der Waals surface area contributed by atoms with Gasteiger partial charge in [-0.15, -0.1) is 0 Å². The summed E-state index contributed by atoms with van der Waals surface area (Å²) >= 11 is 0. The molecule has 0 aliphatic carbocycles. The minimum atomic E-state index is -0.965. The molecular formula is C42H35NO4. The Kier molecular flexibility index (Phi) is 10.4. The molecule has 0 aromatic heterocycles. The lowest BCUT2D eigenvalue weighted by molar-refractivity contribution is -0.132. The van der Waals surface area contributed by atoms with Crippen LogP contribution in [-0.2, 0) is 9.59 Å². The fourth-order valence-electron chi connectivity index (χ4n) is 5.11. The van der Waals surface area contributed by atoms with Crippen molar-refractivity contribution >= 4 is 65.5 Å². The van der Waals surface area contributed by atoms with Crippen LogP contribution >= 0.6 is 0 Å². The quantitative estimate of drug-likeness (QED) is 0.114. The van der Waals surface area contributed by atoms with Gasteiger partial charge in [0, 0.05) is 29.2 Å². The van der Waals surface area contributed by atoms with Crippen molar-refractivity contribution in [3.63, 3.8) is 0 Å². The lowest BCUT2D eigenvalue weighted by atomic mass is 10.1. The van der Waals surface area contributed by atoms with E-state index in [2.05, 4.69) is 97.6 Å². The third kappa shape index (κ3) is 9.16. The zero-order chi connectivity index (χ0) is 33.2. The highest BCUT2D eigenvalue weighted by molar-refractivity contribution is 5.86. The van der Waals surface area contributed by atoms with Gasteiger partial charge in [0.1, 0.15) is 0 Å². The predicted molar refractivity (Wildman–Crippen MR) is 195 cm³/mol. The van der Waals surface area contributed by atoms with Crippen LogP contribution in [0.3, 0.4) is 0 Å². The van der Waals surface area contributed by atoms with Crippen LogP contribution in [0.25, 0.3) is 36.5 Å². The van der Waals surface area contributed by atoms with Crippen LogP contribution in [0.4, 0.5) is 17.1 Å². The zero-order valence-corrected chi connectivity index (χ0v) is 26.2. The van der Waals surface area contributed by atoms with Crippen molar-refractivity contribution in [1.82, 2.24) is 0 Å². The number of aliphatic carboxylic acids is 2. The number of hydrogen-bond donors (Lipinski definition) is 2. The van der Waals surface area contributed by atoms with E-state index in [0.717, 1.165) is 62.6 Å². The van der Waals surface area contributed by atoms with E-state index in [1.807, 2.05) is 60.7 Å². The van der Waals surface area contributed by atoms with E-state index in [-0.39, 0.29) is 0 Å². The number of anilines is 3. The van der Waals surface area contributed by atoms with Gasteiger partial charge in [0.05, 0.1) is 0 Å². The number of nitrogens with zero attached hydrogens (tertiary/aromatic N) is 1. The monoisotopic (exact) mass is 617 g/mol. The van der Waals surface area contributed by atoms with Crippen molar-refractivity contribution in [1.29, 1.82) is 0 Å². The lowest BCUT2D eigenvalue weighted by Gasteiger charge is -2.27. The minimum absolute atomic E-state index is 0.836. The molecular weight excluding hydrogens is 582 g/mol. The summed E-state index contributed by atoms with van der Waals surface area (Å²) in [5, 5.41) is 17.7. The van der Waals surface area contributed by atoms with Crippen LogP contribution in [-0.4, -0.2) is 22.2 Å². The summed E-state index contributed by atoms with van der Waals surface area (Å²) in [6.07, 6.45) is 13.6. The smallest absolute Gasteiger partial charge is 0.328 e. The standard InChI is InChI=1S/C42H35NO4/c1-30-3-26-40(31(2)29-30)43(38-22-16-36(17-23-38)14-8-32-4-10-34(11-5-32)20-27-41(44)45)39-24-18-37(19-25-39)15-9-33-6-12-35(13-7-33)21-28-42(46)47/h3-29H,1-2H3,(H,44,45)(H,46,47). The van der Waals surface area contributed by atoms with Gasteiger partial charge in [-0.1, -0.05) is 115 Å². The van der Waals surface area contributed by atoms with Crippen LogP contribution in [0, 0.1) is 13.8 Å². The number of aryl methyl sites for hydroxylation is 2. The van der Waals surface area contributed by atoms with Gasteiger partial charge < -0.3 is 15.1 Å². The Balaban J connectivity index is 1.35. The number of carbonyl (C=O) groups is 2. The molecule has 0 spiro atoms. The minimum Gasteiger partial charge on any atom is -0.478 e. The maximum atomic E-state index is 10.8. The predicted octanol–water partition coefficient (Wildman–Crippen LogP) is 10.3. The molecule has 0 bridgehead atoms. The number of carboxylic acids is 2. The number of carboxylic acid groups (broad SMARTS) is 2. The third-order valence-corrected chi connectivity index (χ3v) is 7.54. The van der Waals surface area contributed by atoms with Gasteiger partial charge in [-0.25, -0.2) is 9.59 Å². The number of rotatable bonds is 11. The highest BCUT2D eigenvalue weighted by Crippen LogP contribution is 2.37. The average Bonchev–Trinajstić information content (AvgIpc) is 3.07. The van der Waals surface area contributed by atoms with Crippen LogP contribution in [0.2, 0.25) is 0 Å². The summed E-state index contributed by atoms with van der Waals surface area (Å²) in [5.41, 5.74) is 11.4. The molecule has 0 aliphatic rings. The van der Waals surface area contributed by atoms with E-state index >= 15 is 0 Å². The summed E-state index contributed by atoms with van der Waals surface area (Å²) in [5.74, 6) is -1.93. The molecule has 0 aliphatic heterocycles. The van der Waals surface area contributed by atoms with E-state index in [1.54, 1.807) is 12.2 Å². The first kappa shape index (κ1) is 32.2. The molecule has 232 valence electrons. The summed E-state index contributed by atoms with van der Waals surface area (Å²) < 4.78 is 0. The molecule has 0 saturated heterocycles. The molecule has 0 fully saturated rings. The second-order valence-corrected chi connectivity index (χ2v) is 11.2. The molecule has 0 radical (unpaired) electrons. The van der Waals surface area contributed by atoms with Crippen molar-refractivity contribution in [3.05, 3.63) is 172 Å². The first-order valence-corrected chi connectivity index (χ1v) is 15.2. The zero-order valence-electron chi connectivity index (χ0n) is 26.2. The van der Waals surface area contributed by atoms with Crippen LogP contribution in [0.5, 0.6) is 0 Å². The molecule has 0 amide bonds. The average molecular weight is 618 g/mol. The number of benzene rings is 5. The van der Waals surface area contributed by atoms with Crippen molar-refractivity contribution in [2.24, 2.45) is 0 Å². The summed E-state index contributed by atoms with van der Waals surface area (Å²) in [4.78, 5) is 23.8. The normalized spacial score (nSPS) is 11.6. The van der Waals surface area contributed by atoms with Gasteiger partial charge in [0.15, 0.2) is 0 Å². The molecule has 5 heteroatoms. The maximum absolute atomic E-state index is 10.8. The Morgan fingerprint density at radius 3 is 1.11 bits per heavy atom. The molecule has 0 heterocycles. The topological polar surface area (TPSA) is 77.8 Å². The Morgan fingerprint density at radius 1 is 0.468 bits per heavy atom. The molecule has 47 heavy (non-hydrogen) atoms.